The van der Waals surface area contributed by atoms with Crippen molar-refractivity contribution < 1.29 is 4.79 Å². The van der Waals surface area contributed by atoms with E-state index in [9.17, 15) is 4.79 Å². The Labute approximate surface area is 129 Å². The molecule has 1 aliphatic heterocycles. The number of benzene rings is 1. The van der Waals surface area contributed by atoms with Crippen molar-refractivity contribution in [1.82, 2.24) is 30.0 Å². The summed E-state index contributed by atoms with van der Waals surface area (Å²) in [5.74, 6) is 0.706. The number of tetrazole rings is 1. The van der Waals surface area contributed by atoms with Crippen LogP contribution in [0.15, 0.2) is 24.3 Å². The second-order valence-corrected chi connectivity index (χ2v) is 5.38. The number of carbonyl (C=O) groups excluding carboxylic acids is 1. The van der Waals surface area contributed by atoms with Crippen molar-refractivity contribution in [3.05, 3.63) is 35.7 Å². The topological polar surface area (TPSA) is 67.2 Å². The normalized spacial score (nSPS) is 16.0. The molecule has 0 bridgehead atoms. The molecule has 7 nitrogen and oxygen atoms in total. The average molecular weight is 300 g/mol. The van der Waals surface area contributed by atoms with Gasteiger partial charge in [-0.05, 0) is 36.0 Å². The highest BCUT2D eigenvalue weighted by Gasteiger charge is 2.24. The highest BCUT2D eigenvalue weighted by molar-refractivity contribution is 5.97. The molecule has 1 fully saturated rings. The molecule has 2 aromatic rings. The maximum Gasteiger partial charge on any atom is 0.256 e. The summed E-state index contributed by atoms with van der Waals surface area (Å²) in [5.41, 5.74) is 1.37. The van der Waals surface area contributed by atoms with Crippen molar-refractivity contribution in [2.24, 2.45) is 0 Å². The summed E-state index contributed by atoms with van der Waals surface area (Å²) in [7, 11) is 0. The first-order valence-corrected chi connectivity index (χ1v) is 7.56. The zero-order chi connectivity index (χ0) is 15.5. The first-order chi connectivity index (χ1) is 10.7. The number of amides is 1. The summed E-state index contributed by atoms with van der Waals surface area (Å²) in [6, 6.07) is 7.48. The minimum atomic E-state index is 0.0428. The molecule has 1 aromatic heterocycles. The molecule has 0 aliphatic carbocycles. The third-order valence-electron chi connectivity index (χ3n) is 4.09. The van der Waals surface area contributed by atoms with Gasteiger partial charge < -0.3 is 9.80 Å². The first-order valence-electron chi connectivity index (χ1n) is 7.56. The second-order valence-electron chi connectivity index (χ2n) is 5.38. The van der Waals surface area contributed by atoms with Gasteiger partial charge in [0.25, 0.3) is 5.91 Å². The number of piperazine rings is 1. The van der Waals surface area contributed by atoms with E-state index in [0.29, 0.717) is 11.4 Å². The largest absolute Gasteiger partial charge is 0.336 e. The molecule has 1 amide bonds. The average Bonchev–Trinajstić information content (AvgIpc) is 3.00. The number of hydrogen-bond acceptors (Lipinski definition) is 5. The van der Waals surface area contributed by atoms with E-state index in [1.165, 1.54) is 0 Å². The molecule has 0 radical (unpaired) electrons. The quantitative estimate of drug-likeness (QED) is 0.837. The lowest BCUT2D eigenvalue weighted by molar-refractivity contribution is 0.0643. The van der Waals surface area contributed by atoms with Crippen LogP contribution < -0.4 is 0 Å². The van der Waals surface area contributed by atoms with E-state index in [1.54, 1.807) is 4.68 Å². The molecule has 7 heteroatoms. The van der Waals surface area contributed by atoms with Gasteiger partial charge in [-0.3, -0.25) is 4.79 Å². The number of hydrogen-bond donors (Lipinski definition) is 0. The Balaban J connectivity index is 1.86. The molecule has 22 heavy (non-hydrogen) atoms. The van der Waals surface area contributed by atoms with Gasteiger partial charge in [-0.2, -0.15) is 4.68 Å². The minimum Gasteiger partial charge on any atom is -0.336 e. The number of para-hydroxylation sites is 1. The molecule has 1 aliphatic rings. The Hall–Kier alpha value is -2.28. The number of rotatable bonds is 3. The fourth-order valence-electron chi connectivity index (χ4n) is 2.73. The molecule has 2 heterocycles. The van der Waals surface area contributed by atoms with E-state index in [4.69, 9.17) is 0 Å². The van der Waals surface area contributed by atoms with Gasteiger partial charge in [-0.15, -0.1) is 5.10 Å². The van der Waals surface area contributed by atoms with Gasteiger partial charge in [-0.25, -0.2) is 0 Å². The summed E-state index contributed by atoms with van der Waals surface area (Å²) < 4.78 is 1.61. The van der Waals surface area contributed by atoms with Crippen LogP contribution in [0.25, 0.3) is 5.69 Å². The van der Waals surface area contributed by atoms with Crippen LogP contribution in [0.5, 0.6) is 0 Å². The lowest BCUT2D eigenvalue weighted by Crippen LogP contribution is -2.48. The van der Waals surface area contributed by atoms with Crippen LogP contribution >= 0.6 is 0 Å². The molecule has 0 spiro atoms. The lowest BCUT2D eigenvalue weighted by atomic mass is 10.1. The fraction of sp³-hybridized carbons (Fsp3) is 0.467. The minimum absolute atomic E-state index is 0.0428. The van der Waals surface area contributed by atoms with Crippen LogP contribution in [0.4, 0.5) is 0 Å². The van der Waals surface area contributed by atoms with Crippen molar-refractivity contribution in [2.45, 2.75) is 13.8 Å². The molecule has 0 atom stereocenters. The number of nitrogens with zero attached hydrogens (tertiary/aromatic N) is 6. The molecule has 1 saturated heterocycles. The summed E-state index contributed by atoms with van der Waals surface area (Å²) in [4.78, 5) is 17.1. The Bertz CT molecular complexity index is 660. The molecule has 1 aromatic carbocycles. The first kappa shape index (κ1) is 14.6. The Morgan fingerprint density at radius 3 is 2.55 bits per heavy atom. The zero-order valence-electron chi connectivity index (χ0n) is 12.9. The second kappa shape index (κ2) is 6.23. The summed E-state index contributed by atoms with van der Waals surface area (Å²) in [5, 5.41) is 11.5. The smallest absolute Gasteiger partial charge is 0.256 e. The number of aryl methyl sites for hydroxylation is 1. The Morgan fingerprint density at radius 1 is 1.18 bits per heavy atom. The molecule has 116 valence electrons. The van der Waals surface area contributed by atoms with Crippen LogP contribution in [0.1, 0.15) is 23.1 Å². The maximum absolute atomic E-state index is 12.8. The molecule has 0 unspecified atom stereocenters. The van der Waals surface area contributed by atoms with Gasteiger partial charge in [0.1, 0.15) is 0 Å². The van der Waals surface area contributed by atoms with Crippen molar-refractivity contribution in [3.8, 4) is 5.69 Å². The number of carbonyl (C=O) groups is 1. The zero-order valence-corrected chi connectivity index (χ0v) is 12.9. The van der Waals surface area contributed by atoms with E-state index in [0.717, 1.165) is 38.4 Å². The predicted octanol–water partition coefficient (Wildman–Crippen LogP) is 0.748. The lowest BCUT2D eigenvalue weighted by Gasteiger charge is -2.34. The Morgan fingerprint density at radius 2 is 1.91 bits per heavy atom. The highest BCUT2D eigenvalue weighted by atomic mass is 16.2. The van der Waals surface area contributed by atoms with Crippen LogP contribution in [0.3, 0.4) is 0 Å². The van der Waals surface area contributed by atoms with Gasteiger partial charge in [-0.1, -0.05) is 19.1 Å². The highest BCUT2D eigenvalue weighted by Crippen LogP contribution is 2.17. The molecule has 3 rings (SSSR count). The third-order valence-corrected chi connectivity index (χ3v) is 4.09. The van der Waals surface area contributed by atoms with Gasteiger partial charge in [0.05, 0.1) is 11.3 Å². The maximum atomic E-state index is 12.8. The van der Waals surface area contributed by atoms with Crippen LogP contribution in [0, 0.1) is 6.92 Å². The monoisotopic (exact) mass is 300 g/mol. The van der Waals surface area contributed by atoms with E-state index < -0.39 is 0 Å². The van der Waals surface area contributed by atoms with Gasteiger partial charge in [0.2, 0.25) is 0 Å². The van der Waals surface area contributed by atoms with Crippen LogP contribution in [-0.4, -0.2) is 68.6 Å². The van der Waals surface area contributed by atoms with Crippen molar-refractivity contribution in [3.63, 3.8) is 0 Å². The molecular weight excluding hydrogens is 280 g/mol. The number of aromatic nitrogens is 4. The van der Waals surface area contributed by atoms with Gasteiger partial charge in [0.15, 0.2) is 5.82 Å². The van der Waals surface area contributed by atoms with E-state index in [-0.39, 0.29) is 5.91 Å². The summed E-state index contributed by atoms with van der Waals surface area (Å²) in [6.07, 6.45) is 0. The van der Waals surface area contributed by atoms with Crippen molar-refractivity contribution in [1.29, 1.82) is 0 Å². The van der Waals surface area contributed by atoms with Gasteiger partial charge >= 0.3 is 0 Å². The van der Waals surface area contributed by atoms with Crippen molar-refractivity contribution in [2.75, 3.05) is 32.7 Å². The molecule has 0 N–H and O–H groups in total. The fourth-order valence-corrected chi connectivity index (χ4v) is 2.73. The summed E-state index contributed by atoms with van der Waals surface area (Å²) >= 11 is 0. The SMILES string of the molecule is CCN1CCN(C(=O)c2ccccc2-n2nnnc2C)CC1. The van der Waals surface area contributed by atoms with E-state index in [2.05, 4.69) is 27.3 Å². The number of likely N-dealkylation sites (N-methyl/N-ethyl adjacent to an activating group) is 1. The molecular formula is C15H20N6O. The van der Waals surface area contributed by atoms with Crippen molar-refractivity contribution >= 4 is 5.91 Å². The van der Waals surface area contributed by atoms with Crippen LogP contribution in [0.2, 0.25) is 0 Å². The van der Waals surface area contributed by atoms with E-state index in [1.807, 2.05) is 36.1 Å². The standard InChI is InChI=1S/C15H20N6O/c1-3-19-8-10-20(11-9-19)15(22)13-6-4-5-7-14(13)21-12(2)16-17-18-21/h4-7H,3,8-11H2,1-2H3. The van der Waals surface area contributed by atoms with Crippen LogP contribution in [-0.2, 0) is 0 Å². The summed E-state index contributed by atoms with van der Waals surface area (Å²) in [6.45, 7) is 8.37. The predicted molar refractivity (Wildman–Crippen MR) is 81.9 cm³/mol. The third kappa shape index (κ3) is 2.71. The molecule has 0 saturated carbocycles. The Kier molecular flexibility index (Phi) is 4.15. The van der Waals surface area contributed by atoms with E-state index >= 15 is 0 Å². The van der Waals surface area contributed by atoms with Gasteiger partial charge in [0, 0.05) is 26.2 Å².